The fourth-order valence-electron chi connectivity index (χ4n) is 0.982. The molecule has 0 aromatic heterocycles. The van der Waals surface area contributed by atoms with E-state index in [0.29, 0.717) is 19.5 Å². The normalized spacial score (nSPS) is 11.9. The van der Waals surface area contributed by atoms with Crippen LogP contribution in [0.1, 0.15) is 20.3 Å². The third-order valence-corrected chi connectivity index (χ3v) is 1.84. The number of carbonyl (C=O) groups is 2. The minimum Gasteiger partial charge on any atom is -0.355 e. The minimum atomic E-state index is -0.166. The molecule has 0 bridgehead atoms. The van der Waals surface area contributed by atoms with Gasteiger partial charge in [0.2, 0.25) is 11.8 Å². The van der Waals surface area contributed by atoms with E-state index < -0.39 is 0 Å². The van der Waals surface area contributed by atoms with Crippen LogP contribution in [-0.4, -0.2) is 31.4 Å². The molecule has 5 nitrogen and oxygen atoms in total. The maximum absolute atomic E-state index is 11.3. The lowest BCUT2D eigenvalue weighted by molar-refractivity contribution is -0.128. The van der Waals surface area contributed by atoms with Crippen LogP contribution in [0.25, 0.3) is 0 Å². The van der Waals surface area contributed by atoms with Crippen molar-refractivity contribution in [1.82, 2.24) is 10.6 Å². The van der Waals surface area contributed by atoms with E-state index in [-0.39, 0.29) is 24.3 Å². The van der Waals surface area contributed by atoms with Crippen molar-refractivity contribution in [2.24, 2.45) is 11.7 Å². The van der Waals surface area contributed by atoms with Crippen molar-refractivity contribution < 1.29 is 9.59 Å². The Morgan fingerprint density at radius 2 is 2.00 bits per heavy atom. The van der Waals surface area contributed by atoms with Gasteiger partial charge in [0.25, 0.3) is 0 Å². The molecule has 82 valence electrons. The van der Waals surface area contributed by atoms with Crippen LogP contribution in [0.15, 0.2) is 0 Å². The largest absolute Gasteiger partial charge is 0.355 e. The Bertz CT molecular complexity index is 194. The summed E-state index contributed by atoms with van der Waals surface area (Å²) in [6, 6.07) is 0. The number of carbonyl (C=O) groups excluding carboxylic acids is 2. The predicted molar refractivity (Wildman–Crippen MR) is 54.5 cm³/mol. The second-order valence-corrected chi connectivity index (χ2v) is 3.15. The molecule has 0 rings (SSSR count). The summed E-state index contributed by atoms with van der Waals surface area (Å²) in [5.41, 5.74) is 5.31. The zero-order valence-electron chi connectivity index (χ0n) is 8.80. The number of nitrogens with one attached hydrogen (secondary N) is 2. The molecule has 0 heterocycles. The molecule has 0 aromatic rings. The number of nitrogens with two attached hydrogens (primary N) is 1. The standard InChI is InChI=1S/C9H19N3O2/c1-3-11-8(13)6-12-9(14)7(2)4-5-10/h7H,3-6,10H2,1-2H3,(H,11,13)(H,12,14). The molecule has 5 heteroatoms. The van der Waals surface area contributed by atoms with Crippen LogP contribution in [0.5, 0.6) is 0 Å². The molecule has 1 atom stereocenters. The molecule has 1 unspecified atom stereocenters. The van der Waals surface area contributed by atoms with Gasteiger partial charge in [-0.15, -0.1) is 0 Å². The maximum atomic E-state index is 11.3. The Hall–Kier alpha value is -1.10. The lowest BCUT2D eigenvalue weighted by Gasteiger charge is -2.10. The summed E-state index contributed by atoms with van der Waals surface area (Å²) in [6.07, 6.45) is 0.640. The smallest absolute Gasteiger partial charge is 0.239 e. The van der Waals surface area contributed by atoms with Crippen LogP contribution in [0, 0.1) is 5.92 Å². The summed E-state index contributed by atoms with van der Waals surface area (Å²) in [6.45, 7) is 4.72. The number of hydrogen-bond donors (Lipinski definition) is 3. The number of rotatable bonds is 6. The van der Waals surface area contributed by atoms with Crippen LogP contribution >= 0.6 is 0 Å². The van der Waals surface area contributed by atoms with Gasteiger partial charge in [-0.05, 0) is 19.9 Å². The molecule has 0 radical (unpaired) electrons. The lowest BCUT2D eigenvalue weighted by Crippen LogP contribution is -2.39. The molecule has 0 saturated carbocycles. The second-order valence-electron chi connectivity index (χ2n) is 3.15. The molecule has 0 saturated heterocycles. The van der Waals surface area contributed by atoms with Gasteiger partial charge in [-0.3, -0.25) is 9.59 Å². The number of likely N-dealkylation sites (N-methyl/N-ethyl adjacent to an activating group) is 1. The van der Waals surface area contributed by atoms with Crippen LogP contribution in [-0.2, 0) is 9.59 Å². The zero-order chi connectivity index (χ0) is 11.0. The van der Waals surface area contributed by atoms with Crippen molar-refractivity contribution in [1.29, 1.82) is 0 Å². The van der Waals surface area contributed by atoms with Gasteiger partial charge in [-0.25, -0.2) is 0 Å². The highest BCUT2D eigenvalue weighted by atomic mass is 16.2. The third kappa shape index (κ3) is 5.53. The van der Waals surface area contributed by atoms with Gasteiger partial charge in [0, 0.05) is 12.5 Å². The molecule has 14 heavy (non-hydrogen) atoms. The molecule has 0 spiro atoms. The summed E-state index contributed by atoms with van der Waals surface area (Å²) < 4.78 is 0. The molecule has 0 aliphatic heterocycles. The second kappa shape index (κ2) is 7.32. The molecule has 0 aromatic carbocycles. The highest BCUT2D eigenvalue weighted by Crippen LogP contribution is 1.98. The molecular weight excluding hydrogens is 182 g/mol. The van der Waals surface area contributed by atoms with Gasteiger partial charge >= 0.3 is 0 Å². The van der Waals surface area contributed by atoms with E-state index in [0.717, 1.165) is 0 Å². The monoisotopic (exact) mass is 201 g/mol. The van der Waals surface area contributed by atoms with E-state index in [1.807, 2.05) is 6.92 Å². The average Bonchev–Trinajstić information content (AvgIpc) is 2.15. The van der Waals surface area contributed by atoms with Gasteiger partial charge in [0.15, 0.2) is 0 Å². The quantitative estimate of drug-likeness (QED) is 0.527. The van der Waals surface area contributed by atoms with Crippen LogP contribution in [0.2, 0.25) is 0 Å². The summed E-state index contributed by atoms with van der Waals surface area (Å²) in [7, 11) is 0. The Kier molecular flexibility index (Phi) is 6.74. The Balaban J connectivity index is 3.67. The SMILES string of the molecule is CCNC(=O)CNC(=O)C(C)CCN. The van der Waals surface area contributed by atoms with E-state index in [4.69, 9.17) is 5.73 Å². The lowest BCUT2D eigenvalue weighted by atomic mass is 10.1. The van der Waals surface area contributed by atoms with Crippen molar-refractivity contribution in [2.45, 2.75) is 20.3 Å². The van der Waals surface area contributed by atoms with E-state index in [1.165, 1.54) is 0 Å². The molecular formula is C9H19N3O2. The first-order valence-corrected chi connectivity index (χ1v) is 4.86. The summed E-state index contributed by atoms with van der Waals surface area (Å²) in [4.78, 5) is 22.3. The highest BCUT2D eigenvalue weighted by Gasteiger charge is 2.12. The van der Waals surface area contributed by atoms with E-state index in [9.17, 15) is 9.59 Å². The van der Waals surface area contributed by atoms with Crippen molar-refractivity contribution in [2.75, 3.05) is 19.6 Å². The fraction of sp³-hybridized carbons (Fsp3) is 0.778. The van der Waals surface area contributed by atoms with Crippen LogP contribution < -0.4 is 16.4 Å². The topological polar surface area (TPSA) is 84.2 Å². The molecule has 2 amide bonds. The molecule has 4 N–H and O–H groups in total. The highest BCUT2D eigenvalue weighted by molar-refractivity contribution is 5.85. The van der Waals surface area contributed by atoms with Gasteiger partial charge in [-0.2, -0.15) is 0 Å². The zero-order valence-corrected chi connectivity index (χ0v) is 8.80. The van der Waals surface area contributed by atoms with Crippen molar-refractivity contribution in [3.8, 4) is 0 Å². The summed E-state index contributed by atoms with van der Waals surface area (Å²) in [5, 5.41) is 5.14. The van der Waals surface area contributed by atoms with Crippen molar-refractivity contribution in [3.05, 3.63) is 0 Å². The van der Waals surface area contributed by atoms with Gasteiger partial charge in [-0.1, -0.05) is 6.92 Å². The maximum Gasteiger partial charge on any atom is 0.239 e. The van der Waals surface area contributed by atoms with E-state index in [2.05, 4.69) is 10.6 Å². The number of amides is 2. The molecule has 0 fully saturated rings. The van der Waals surface area contributed by atoms with Crippen molar-refractivity contribution >= 4 is 11.8 Å². The predicted octanol–water partition coefficient (Wildman–Crippen LogP) is -0.776. The summed E-state index contributed by atoms with van der Waals surface area (Å²) >= 11 is 0. The van der Waals surface area contributed by atoms with Gasteiger partial charge in [0.1, 0.15) is 0 Å². The Morgan fingerprint density at radius 1 is 1.36 bits per heavy atom. The van der Waals surface area contributed by atoms with Gasteiger partial charge < -0.3 is 16.4 Å². The first kappa shape index (κ1) is 12.9. The average molecular weight is 201 g/mol. The van der Waals surface area contributed by atoms with E-state index >= 15 is 0 Å². The Morgan fingerprint density at radius 3 is 2.50 bits per heavy atom. The van der Waals surface area contributed by atoms with E-state index in [1.54, 1.807) is 6.92 Å². The first-order chi connectivity index (χ1) is 6.61. The van der Waals surface area contributed by atoms with Crippen LogP contribution in [0.3, 0.4) is 0 Å². The summed E-state index contributed by atoms with van der Waals surface area (Å²) in [5.74, 6) is -0.420. The number of hydrogen-bond acceptors (Lipinski definition) is 3. The van der Waals surface area contributed by atoms with Gasteiger partial charge in [0.05, 0.1) is 6.54 Å². The molecule has 0 aliphatic rings. The van der Waals surface area contributed by atoms with Crippen LogP contribution in [0.4, 0.5) is 0 Å². The molecule has 0 aliphatic carbocycles. The van der Waals surface area contributed by atoms with Crippen molar-refractivity contribution in [3.63, 3.8) is 0 Å². The minimum absolute atomic E-state index is 0.0432. The Labute approximate surface area is 84.4 Å². The first-order valence-electron chi connectivity index (χ1n) is 4.86. The third-order valence-electron chi connectivity index (χ3n) is 1.84. The fourth-order valence-corrected chi connectivity index (χ4v) is 0.982.